The monoisotopic (exact) mass is 252 g/mol. The first kappa shape index (κ1) is 16.1. The van der Waals surface area contributed by atoms with E-state index in [-0.39, 0.29) is 0 Å². The Balaban J connectivity index is 2.44. The summed E-state index contributed by atoms with van der Waals surface area (Å²) in [6.07, 6.45) is 10.1. The van der Waals surface area contributed by atoms with Gasteiger partial charge in [0, 0.05) is 0 Å². The maximum atomic E-state index is 2.50. The van der Waals surface area contributed by atoms with Crippen molar-refractivity contribution in [1.29, 1.82) is 0 Å². The third kappa shape index (κ3) is 4.94. The molecule has 0 aliphatic heterocycles. The van der Waals surface area contributed by atoms with Gasteiger partial charge in [-0.15, -0.1) is 0 Å². The predicted molar refractivity (Wildman–Crippen MR) is 82.8 cm³/mol. The van der Waals surface area contributed by atoms with E-state index in [0.29, 0.717) is 5.41 Å². The smallest absolute Gasteiger partial charge is 0.0357 e. The van der Waals surface area contributed by atoms with Crippen LogP contribution in [-0.4, -0.2) is 0 Å². The van der Waals surface area contributed by atoms with Gasteiger partial charge in [0.25, 0.3) is 0 Å². The molecule has 0 amide bonds. The van der Waals surface area contributed by atoms with E-state index in [0.717, 1.165) is 23.7 Å². The lowest BCUT2D eigenvalue weighted by Crippen LogP contribution is -2.20. The Kier molecular flexibility index (Phi) is 6.21. The Morgan fingerprint density at radius 2 is 1.83 bits per heavy atom. The van der Waals surface area contributed by atoms with Crippen LogP contribution in [0.2, 0.25) is 0 Å². The zero-order valence-corrected chi connectivity index (χ0v) is 13.8. The minimum atomic E-state index is 0.520. The SMILES string of the molecule is CCCC(C)C1CCC(C)C1CCCC(C)(C)C. The number of hydrogen-bond donors (Lipinski definition) is 0. The van der Waals surface area contributed by atoms with Crippen LogP contribution in [0.5, 0.6) is 0 Å². The van der Waals surface area contributed by atoms with E-state index in [2.05, 4.69) is 41.5 Å². The first-order chi connectivity index (χ1) is 8.35. The molecule has 1 rings (SSSR count). The Morgan fingerprint density at radius 1 is 1.17 bits per heavy atom. The fourth-order valence-electron chi connectivity index (χ4n) is 4.05. The normalized spacial score (nSPS) is 30.7. The predicted octanol–water partition coefficient (Wildman–Crippen LogP) is 6.30. The molecule has 0 aromatic rings. The molecule has 0 heteroatoms. The molecular formula is C18H36. The number of rotatable bonds is 6. The van der Waals surface area contributed by atoms with Crippen molar-refractivity contribution < 1.29 is 0 Å². The second-order valence-corrected chi connectivity index (χ2v) is 8.10. The highest BCUT2D eigenvalue weighted by atomic mass is 14.4. The molecule has 0 heterocycles. The average molecular weight is 252 g/mol. The fourth-order valence-corrected chi connectivity index (χ4v) is 4.05. The summed E-state index contributed by atoms with van der Waals surface area (Å²) in [4.78, 5) is 0. The van der Waals surface area contributed by atoms with E-state index >= 15 is 0 Å². The molecule has 108 valence electrons. The van der Waals surface area contributed by atoms with Crippen molar-refractivity contribution in [3.8, 4) is 0 Å². The Hall–Kier alpha value is 0. The molecule has 1 aliphatic carbocycles. The van der Waals surface area contributed by atoms with Crippen molar-refractivity contribution in [2.75, 3.05) is 0 Å². The van der Waals surface area contributed by atoms with Crippen LogP contribution >= 0.6 is 0 Å². The molecule has 0 N–H and O–H groups in total. The summed E-state index contributed by atoms with van der Waals surface area (Å²) in [6, 6.07) is 0. The van der Waals surface area contributed by atoms with E-state index in [9.17, 15) is 0 Å². The van der Waals surface area contributed by atoms with E-state index < -0.39 is 0 Å². The summed E-state index contributed by atoms with van der Waals surface area (Å²) in [7, 11) is 0. The summed E-state index contributed by atoms with van der Waals surface area (Å²) < 4.78 is 0. The molecular weight excluding hydrogens is 216 g/mol. The Bertz CT molecular complexity index is 223. The van der Waals surface area contributed by atoms with E-state index in [1.807, 2.05) is 0 Å². The van der Waals surface area contributed by atoms with Crippen molar-refractivity contribution in [3.05, 3.63) is 0 Å². The summed E-state index contributed by atoms with van der Waals surface area (Å²) in [6.45, 7) is 14.5. The molecule has 4 atom stereocenters. The van der Waals surface area contributed by atoms with Gasteiger partial charge in [0.15, 0.2) is 0 Å². The van der Waals surface area contributed by atoms with E-state index in [1.165, 1.54) is 44.9 Å². The maximum absolute atomic E-state index is 2.50. The molecule has 0 radical (unpaired) electrons. The summed E-state index contributed by atoms with van der Waals surface area (Å²) in [5, 5.41) is 0. The van der Waals surface area contributed by atoms with Crippen molar-refractivity contribution in [3.63, 3.8) is 0 Å². The average Bonchev–Trinajstić information content (AvgIpc) is 2.59. The van der Waals surface area contributed by atoms with Crippen LogP contribution in [0.3, 0.4) is 0 Å². The van der Waals surface area contributed by atoms with E-state index in [4.69, 9.17) is 0 Å². The van der Waals surface area contributed by atoms with E-state index in [1.54, 1.807) is 0 Å². The lowest BCUT2D eigenvalue weighted by Gasteiger charge is -2.29. The highest BCUT2D eigenvalue weighted by Gasteiger charge is 2.35. The second-order valence-electron chi connectivity index (χ2n) is 8.10. The van der Waals surface area contributed by atoms with Crippen LogP contribution in [0.15, 0.2) is 0 Å². The van der Waals surface area contributed by atoms with Crippen molar-refractivity contribution in [1.82, 2.24) is 0 Å². The van der Waals surface area contributed by atoms with Crippen LogP contribution < -0.4 is 0 Å². The van der Waals surface area contributed by atoms with Crippen molar-refractivity contribution in [2.45, 2.75) is 86.5 Å². The van der Waals surface area contributed by atoms with Gasteiger partial charge < -0.3 is 0 Å². The third-order valence-corrected chi connectivity index (χ3v) is 5.18. The van der Waals surface area contributed by atoms with Gasteiger partial charge in [-0.05, 0) is 48.3 Å². The number of hydrogen-bond acceptors (Lipinski definition) is 0. The molecule has 1 aliphatic rings. The van der Waals surface area contributed by atoms with Gasteiger partial charge in [0.1, 0.15) is 0 Å². The van der Waals surface area contributed by atoms with Crippen LogP contribution in [0, 0.1) is 29.1 Å². The molecule has 1 fully saturated rings. The Morgan fingerprint density at radius 3 is 2.39 bits per heavy atom. The molecule has 1 saturated carbocycles. The van der Waals surface area contributed by atoms with Crippen molar-refractivity contribution in [2.24, 2.45) is 29.1 Å². The van der Waals surface area contributed by atoms with Gasteiger partial charge in [-0.25, -0.2) is 0 Å². The minimum Gasteiger partial charge on any atom is -0.0654 e. The molecule has 4 unspecified atom stereocenters. The van der Waals surface area contributed by atoms with Crippen LogP contribution in [0.25, 0.3) is 0 Å². The molecule has 18 heavy (non-hydrogen) atoms. The summed E-state index contributed by atoms with van der Waals surface area (Å²) in [5.41, 5.74) is 0.520. The first-order valence-electron chi connectivity index (χ1n) is 8.35. The summed E-state index contributed by atoms with van der Waals surface area (Å²) >= 11 is 0. The molecule has 0 saturated heterocycles. The Labute approximate surface area is 116 Å². The van der Waals surface area contributed by atoms with Crippen molar-refractivity contribution >= 4 is 0 Å². The quantitative estimate of drug-likeness (QED) is 0.520. The van der Waals surface area contributed by atoms with Gasteiger partial charge in [0.2, 0.25) is 0 Å². The summed E-state index contributed by atoms with van der Waals surface area (Å²) in [5.74, 6) is 3.99. The van der Waals surface area contributed by atoms with Gasteiger partial charge in [0.05, 0.1) is 0 Å². The highest BCUT2D eigenvalue weighted by Crippen LogP contribution is 2.45. The largest absolute Gasteiger partial charge is 0.0654 e. The maximum Gasteiger partial charge on any atom is -0.0357 e. The van der Waals surface area contributed by atoms with Gasteiger partial charge >= 0.3 is 0 Å². The molecule has 0 nitrogen and oxygen atoms in total. The second kappa shape index (κ2) is 6.96. The van der Waals surface area contributed by atoms with Crippen LogP contribution in [0.1, 0.15) is 86.5 Å². The lowest BCUT2D eigenvalue weighted by atomic mass is 9.77. The minimum absolute atomic E-state index is 0.520. The van der Waals surface area contributed by atoms with Crippen LogP contribution in [-0.2, 0) is 0 Å². The van der Waals surface area contributed by atoms with Crippen LogP contribution in [0.4, 0.5) is 0 Å². The zero-order chi connectivity index (χ0) is 13.8. The molecule has 0 aromatic carbocycles. The van der Waals surface area contributed by atoms with Gasteiger partial charge in [-0.1, -0.05) is 67.2 Å². The first-order valence-corrected chi connectivity index (χ1v) is 8.35. The third-order valence-electron chi connectivity index (χ3n) is 5.18. The van der Waals surface area contributed by atoms with Gasteiger partial charge in [-0.2, -0.15) is 0 Å². The standard InChI is InChI=1S/C18H36/c1-7-9-14(2)17-12-11-15(3)16(17)10-8-13-18(4,5)6/h14-17H,7-13H2,1-6H3. The fraction of sp³-hybridized carbons (Fsp3) is 1.00. The zero-order valence-electron chi connectivity index (χ0n) is 13.8. The topological polar surface area (TPSA) is 0 Å². The molecule has 0 spiro atoms. The van der Waals surface area contributed by atoms with Gasteiger partial charge in [-0.3, -0.25) is 0 Å². The molecule has 0 bridgehead atoms. The molecule has 0 aromatic heterocycles. The lowest BCUT2D eigenvalue weighted by molar-refractivity contribution is 0.210. The highest BCUT2D eigenvalue weighted by molar-refractivity contribution is 4.85.